The van der Waals surface area contributed by atoms with Crippen LogP contribution in [-0.2, 0) is 0 Å². The molecule has 0 amide bonds. The molecule has 2 saturated heterocycles. The Morgan fingerprint density at radius 1 is 1.15 bits per heavy atom. The van der Waals surface area contributed by atoms with Gasteiger partial charge < -0.3 is 15.1 Å². The standard InChI is InChI=1S/C17H27N3/c1-12-5-6-13(11-17(12)19(2)3)18-14-9-15-7-8-16(10-14)20(15)4/h5-6,11,14-16,18H,7-10H2,1-4H3. The number of benzene rings is 1. The van der Waals surface area contributed by atoms with Crippen LogP contribution in [-0.4, -0.2) is 44.2 Å². The fourth-order valence-corrected chi connectivity index (χ4v) is 3.95. The zero-order valence-corrected chi connectivity index (χ0v) is 13.2. The lowest BCUT2D eigenvalue weighted by Gasteiger charge is -2.37. The topological polar surface area (TPSA) is 18.5 Å². The highest BCUT2D eigenvalue weighted by molar-refractivity contribution is 5.62. The Kier molecular flexibility index (Phi) is 3.63. The number of piperidine rings is 1. The molecule has 110 valence electrons. The van der Waals surface area contributed by atoms with Gasteiger partial charge in [0.25, 0.3) is 0 Å². The van der Waals surface area contributed by atoms with Gasteiger partial charge in [0.05, 0.1) is 0 Å². The minimum absolute atomic E-state index is 0.640. The van der Waals surface area contributed by atoms with E-state index >= 15 is 0 Å². The zero-order chi connectivity index (χ0) is 14.3. The van der Waals surface area contributed by atoms with E-state index in [4.69, 9.17) is 0 Å². The van der Waals surface area contributed by atoms with Crippen LogP contribution in [0, 0.1) is 6.92 Å². The molecule has 0 aromatic heterocycles. The molecule has 1 N–H and O–H groups in total. The van der Waals surface area contributed by atoms with Crippen LogP contribution in [0.3, 0.4) is 0 Å². The minimum atomic E-state index is 0.640. The molecule has 2 fully saturated rings. The van der Waals surface area contributed by atoms with Gasteiger partial charge in [0.1, 0.15) is 0 Å². The van der Waals surface area contributed by atoms with Gasteiger partial charge in [-0.25, -0.2) is 0 Å². The number of nitrogens with zero attached hydrogens (tertiary/aromatic N) is 2. The largest absolute Gasteiger partial charge is 0.382 e. The quantitative estimate of drug-likeness (QED) is 0.913. The average Bonchev–Trinajstić information content (AvgIpc) is 2.63. The maximum atomic E-state index is 3.77. The van der Waals surface area contributed by atoms with Crippen LogP contribution in [0.2, 0.25) is 0 Å². The molecule has 2 aliphatic rings. The van der Waals surface area contributed by atoms with Gasteiger partial charge in [-0.1, -0.05) is 6.07 Å². The molecule has 0 aliphatic carbocycles. The van der Waals surface area contributed by atoms with E-state index in [1.165, 1.54) is 42.6 Å². The van der Waals surface area contributed by atoms with Crippen molar-refractivity contribution < 1.29 is 0 Å². The minimum Gasteiger partial charge on any atom is -0.382 e. The fraction of sp³-hybridized carbons (Fsp3) is 0.647. The maximum absolute atomic E-state index is 3.77. The van der Waals surface area contributed by atoms with E-state index in [2.05, 4.69) is 61.4 Å². The molecule has 1 aromatic carbocycles. The van der Waals surface area contributed by atoms with Crippen molar-refractivity contribution in [1.82, 2.24) is 4.90 Å². The van der Waals surface area contributed by atoms with E-state index in [0.29, 0.717) is 6.04 Å². The lowest BCUT2D eigenvalue weighted by molar-refractivity contribution is 0.169. The van der Waals surface area contributed by atoms with Crippen molar-refractivity contribution in [2.75, 3.05) is 31.4 Å². The number of rotatable bonds is 3. The Balaban J connectivity index is 1.71. The van der Waals surface area contributed by atoms with Gasteiger partial charge >= 0.3 is 0 Å². The molecule has 1 aromatic rings. The van der Waals surface area contributed by atoms with E-state index in [-0.39, 0.29) is 0 Å². The average molecular weight is 273 g/mol. The molecule has 2 unspecified atom stereocenters. The summed E-state index contributed by atoms with van der Waals surface area (Å²) in [7, 11) is 6.53. The summed E-state index contributed by atoms with van der Waals surface area (Å²) < 4.78 is 0. The Bertz CT molecular complexity index is 469. The number of aryl methyl sites for hydroxylation is 1. The summed E-state index contributed by atoms with van der Waals surface area (Å²) in [6.45, 7) is 2.18. The summed E-state index contributed by atoms with van der Waals surface area (Å²) in [5.41, 5.74) is 3.92. The van der Waals surface area contributed by atoms with Crippen molar-refractivity contribution in [3.05, 3.63) is 23.8 Å². The molecule has 0 spiro atoms. The third-order valence-electron chi connectivity index (χ3n) is 5.16. The highest BCUT2D eigenvalue weighted by Gasteiger charge is 2.38. The lowest BCUT2D eigenvalue weighted by Crippen LogP contribution is -2.44. The molecule has 3 nitrogen and oxygen atoms in total. The van der Waals surface area contributed by atoms with Gasteiger partial charge in [0.2, 0.25) is 0 Å². The van der Waals surface area contributed by atoms with E-state index in [0.717, 1.165) is 12.1 Å². The molecule has 2 heterocycles. The number of fused-ring (bicyclic) bond motifs is 2. The van der Waals surface area contributed by atoms with Gasteiger partial charge in [0.15, 0.2) is 0 Å². The molecule has 3 rings (SSSR count). The third-order valence-corrected chi connectivity index (χ3v) is 5.16. The summed E-state index contributed by atoms with van der Waals surface area (Å²) in [5.74, 6) is 0. The first-order valence-corrected chi connectivity index (χ1v) is 7.81. The maximum Gasteiger partial charge on any atom is 0.0411 e. The molecule has 2 bridgehead atoms. The summed E-state index contributed by atoms with van der Waals surface area (Å²) >= 11 is 0. The Morgan fingerprint density at radius 3 is 2.40 bits per heavy atom. The lowest BCUT2D eigenvalue weighted by atomic mass is 9.97. The van der Waals surface area contributed by atoms with E-state index < -0.39 is 0 Å². The van der Waals surface area contributed by atoms with Crippen LogP contribution in [0.15, 0.2) is 18.2 Å². The third kappa shape index (κ3) is 2.51. The highest BCUT2D eigenvalue weighted by atomic mass is 15.2. The van der Waals surface area contributed by atoms with Gasteiger partial charge in [0, 0.05) is 43.6 Å². The summed E-state index contributed by atoms with van der Waals surface area (Å²) in [6, 6.07) is 8.97. The van der Waals surface area contributed by atoms with Gasteiger partial charge in [-0.15, -0.1) is 0 Å². The molecule has 2 aliphatic heterocycles. The van der Waals surface area contributed by atoms with Crippen LogP contribution < -0.4 is 10.2 Å². The van der Waals surface area contributed by atoms with Gasteiger partial charge in [-0.3, -0.25) is 0 Å². The van der Waals surface area contributed by atoms with Crippen molar-refractivity contribution in [1.29, 1.82) is 0 Å². The number of nitrogens with one attached hydrogen (secondary N) is 1. The van der Waals surface area contributed by atoms with E-state index in [1.807, 2.05) is 0 Å². The van der Waals surface area contributed by atoms with Crippen molar-refractivity contribution in [2.45, 2.75) is 50.7 Å². The fourth-order valence-electron chi connectivity index (χ4n) is 3.95. The first kappa shape index (κ1) is 13.7. The number of hydrogen-bond acceptors (Lipinski definition) is 3. The van der Waals surface area contributed by atoms with Gasteiger partial charge in [-0.2, -0.15) is 0 Å². The number of anilines is 2. The van der Waals surface area contributed by atoms with Crippen LogP contribution in [0.1, 0.15) is 31.2 Å². The van der Waals surface area contributed by atoms with E-state index in [9.17, 15) is 0 Å². The predicted molar refractivity (Wildman–Crippen MR) is 86.7 cm³/mol. The Hall–Kier alpha value is -1.22. The smallest absolute Gasteiger partial charge is 0.0411 e. The normalized spacial score (nSPS) is 29.5. The van der Waals surface area contributed by atoms with Crippen molar-refractivity contribution in [2.24, 2.45) is 0 Å². The Labute approximate surface area is 123 Å². The molecule has 20 heavy (non-hydrogen) atoms. The van der Waals surface area contributed by atoms with Crippen LogP contribution in [0.25, 0.3) is 0 Å². The molecule has 0 saturated carbocycles. The second kappa shape index (κ2) is 5.28. The summed E-state index contributed by atoms with van der Waals surface area (Å²) in [4.78, 5) is 4.79. The zero-order valence-electron chi connectivity index (χ0n) is 13.2. The van der Waals surface area contributed by atoms with Crippen molar-refractivity contribution in [3.63, 3.8) is 0 Å². The first-order valence-electron chi connectivity index (χ1n) is 7.81. The van der Waals surface area contributed by atoms with Crippen LogP contribution in [0.5, 0.6) is 0 Å². The Morgan fingerprint density at radius 2 is 1.80 bits per heavy atom. The SMILES string of the molecule is Cc1ccc(NC2CC3CCC(C2)N3C)cc1N(C)C. The van der Waals surface area contributed by atoms with Crippen LogP contribution >= 0.6 is 0 Å². The summed E-state index contributed by atoms with van der Waals surface area (Å²) in [5, 5.41) is 3.77. The van der Waals surface area contributed by atoms with Gasteiger partial charge in [-0.05, 0) is 57.4 Å². The van der Waals surface area contributed by atoms with E-state index in [1.54, 1.807) is 0 Å². The predicted octanol–water partition coefficient (Wildman–Crippen LogP) is 3.10. The second-order valence-electron chi connectivity index (χ2n) is 6.76. The van der Waals surface area contributed by atoms with Crippen molar-refractivity contribution in [3.8, 4) is 0 Å². The molecule has 0 radical (unpaired) electrons. The second-order valence-corrected chi connectivity index (χ2v) is 6.76. The first-order chi connectivity index (χ1) is 9.54. The van der Waals surface area contributed by atoms with Crippen LogP contribution in [0.4, 0.5) is 11.4 Å². The number of hydrogen-bond donors (Lipinski definition) is 1. The molecule has 3 heteroatoms. The molecular formula is C17H27N3. The summed E-state index contributed by atoms with van der Waals surface area (Å²) in [6.07, 6.45) is 5.35. The molecular weight excluding hydrogens is 246 g/mol. The monoisotopic (exact) mass is 273 g/mol. The molecule has 2 atom stereocenters. The highest BCUT2D eigenvalue weighted by Crippen LogP contribution is 2.35. The van der Waals surface area contributed by atoms with Crippen molar-refractivity contribution >= 4 is 11.4 Å².